The van der Waals surface area contributed by atoms with E-state index >= 15 is 0 Å². The maximum atomic E-state index is 14.1. The number of nitrogens with zero attached hydrogens (tertiary/aromatic N) is 2. The van der Waals surface area contributed by atoms with Crippen LogP contribution in [0.15, 0.2) is 82.0 Å². The van der Waals surface area contributed by atoms with Gasteiger partial charge in [-0.1, -0.05) is 67.9 Å². The van der Waals surface area contributed by atoms with Crippen molar-refractivity contribution in [2.75, 3.05) is 19.6 Å². The molecule has 1 aromatic heterocycles. The van der Waals surface area contributed by atoms with E-state index in [2.05, 4.69) is 17.4 Å². The predicted octanol–water partition coefficient (Wildman–Crippen LogP) is 6.83. The van der Waals surface area contributed by atoms with Crippen LogP contribution in [-0.4, -0.2) is 53.2 Å². The van der Waals surface area contributed by atoms with E-state index in [1.54, 1.807) is 24.3 Å². The van der Waals surface area contributed by atoms with E-state index in [4.69, 9.17) is 16.0 Å². The number of benzene rings is 3. The molecule has 1 atom stereocenters. The van der Waals surface area contributed by atoms with E-state index < -0.39 is 11.9 Å². The highest BCUT2D eigenvalue weighted by atomic mass is 35.5. The highest BCUT2D eigenvalue weighted by Gasteiger charge is 2.32. The molecule has 8 nitrogen and oxygen atoms in total. The number of nitrogens with one attached hydrogen (secondary N) is 1. The van der Waals surface area contributed by atoms with Gasteiger partial charge in [-0.15, -0.1) is 0 Å². The lowest BCUT2D eigenvalue weighted by Gasteiger charge is -2.36. The average Bonchev–Trinajstić information content (AvgIpc) is 3.09. The zero-order valence-electron chi connectivity index (χ0n) is 27.5. The SMILES string of the molecule is CC(C)c1ccc2oc(C(=O)N[C@H](Cc3ccc(Cl)cc3)C(=O)N3CCC(c4ccccc4CN4CCCCC4=O)CC3)cc(=O)c2c1. The fourth-order valence-electron chi connectivity index (χ4n) is 6.87. The Bertz CT molecular complexity index is 1860. The molecule has 0 bridgehead atoms. The summed E-state index contributed by atoms with van der Waals surface area (Å²) >= 11 is 6.12. The number of likely N-dealkylation sites (tertiary alicyclic amines) is 2. The van der Waals surface area contributed by atoms with Gasteiger partial charge in [-0.2, -0.15) is 0 Å². The number of carbonyl (C=O) groups excluding carboxylic acids is 3. The molecule has 3 heterocycles. The van der Waals surface area contributed by atoms with Gasteiger partial charge in [0.2, 0.25) is 11.8 Å². The maximum absolute atomic E-state index is 14.1. The first kappa shape index (κ1) is 33.5. The van der Waals surface area contributed by atoms with Gasteiger partial charge >= 0.3 is 0 Å². The molecule has 3 amide bonds. The molecule has 48 heavy (non-hydrogen) atoms. The van der Waals surface area contributed by atoms with Crippen molar-refractivity contribution in [3.05, 3.63) is 116 Å². The quantitative estimate of drug-likeness (QED) is 0.211. The van der Waals surface area contributed by atoms with Crippen molar-refractivity contribution in [1.29, 1.82) is 0 Å². The van der Waals surface area contributed by atoms with E-state index in [9.17, 15) is 19.2 Å². The molecule has 9 heteroatoms. The Morgan fingerprint density at radius 3 is 2.42 bits per heavy atom. The third-order valence-corrected chi connectivity index (χ3v) is 9.93. The monoisotopic (exact) mass is 667 g/mol. The lowest BCUT2D eigenvalue weighted by molar-refractivity contribution is -0.135. The fourth-order valence-corrected chi connectivity index (χ4v) is 7.00. The van der Waals surface area contributed by atoms with Gasteiger partial charge in [-0.05, 0) is 84.0 Å². The maximum Gasteiger partial charge on any atom is 0.287 e. The number of hydrogen-bond acceptors (Lipinski definition) is 5. The summed E-state index contributed by atoms with van der Waals surface area (Å²) in [6.45, 7) is 6.58. The van der Waals surface area contributed by atoms with Crippen LogP contribution < -0.4 is 10.7 Å². The first-order chi connectivity index (χ1) is 23.2. The first-order valence-corrected chi connectivity index (χ1v) is 17.3. The van der Waals surface area contributed by atoms with Crippen LogP contribution in [-0.2, 0) is 22.6 Å². The molecule has 4 aromatic rings. The van der Waals surface area contributed by atoms with Crippen molar-refractivity contribution < 1.29 is 18.8 Å². The average molecular weight is 668 g/mol. The number of amides is 3. The number of rotatable bonds is 9. The van der Waals surface area contributed by atoms with E-state index in [1.807, 2.05) is 54.0 Å². The minimum absolute atomic E-state index is 0.138. The van der Waals surface area contributed by atoms with Gasteiger partial charge in [-0.3, -0.25) is 19.2 Å². The molecule has 2 aliphatic heterocycles. The van der Waals surface area contributed by atoms with Gasteiger partial charge in [-0.25, -0.2) is 0 Å². The molecule has 2 aliphatic rings. The molecule has 0 aliphatic carbocycles. The molecule has 0 saturated carbocycles. The largest absolute Gasteiger partial charge is 0.451 e. The fraction of sp³-hybridized carbons (Fsp3) is 0.385. The third kappa shape index (κ3) is 7.65. The third-order valence-electron chi connectivity index (χ3n) is 9.68. The zero-order chi connectivity index (χ0) is 33.8. The first-order valence-electron chi connectivity index (χ1n) is 16.9. The van der Waals surface area contributed by atoms with Crippen LogP contribution in [0.3, 0.4) is 0 Å². The number of piperidine rings is 2. The van der Waals surface area contributed by atoms with Crippen molar-refractivity contribution in [2.24, 2.45) is 0 Å². The molecule has 2 saturated heterocycles. The molecular weight excluding hydrogens is 626 g/mol. The van der Waals surface area contributed by atoms with Crippen LogP contribution in [0.5, 0.6) is 0 Å². The summed E-state index contributed by atoms with van der Waals surface area (Å²) in [5.74, 6) is -0.229. The lowest BCUT2D eigenvalue weighted by Crippen LogP contribution is -2.51. The molecule has 0 spiro atoms. The number of halogens is 1. The highest BCUT2D eigenvalue weighted by molar-refractivity contribution is 6.30. The Kier molecular flexibility index (Phi) is 10.3. The van der Waals surface area contributed by atoms with Gasteiger partial charge in [0, 0.05) is 50.1 Å². The van der Waals surface area contributed by atoms with Crippen LogP contribution in [0.4, 0.5) is 0 Å². The zero-order valence-corrected chi connectivity index (χ0v) is 28.3. The number of carbonyl (C=O) groups is 3. The van der Waals surface area contributed by atoms with Gasteiger partial charge in [0.25, 0.3) is 5.91 Å². The summed E-state index contributed by atoms with van der Waals surface area (Å²) in [6.07, 6.45) is 4.41. The van der Waals surface area contributed by atoms with Crippen LogP contribution in [0.25, 0.3) is 11.0 Å². The Balaban J connectivity index is 1.18. The van der Waals surface area contributed by atoms with Gasteiger partial charge in [0.1, 0.15) is 11.6 Å². The van der Waals surface area contributed by atoms with Crippen molar-refractivity contribution in [3.63, 3.8) is 0 Å². The summed E-state index contributed by atoms with van der Waals surface area (Å²) in [5, 5.41) is 3.88. The van der Waals surface area contributed by atoms with E-state index in [0.717, 1.165) is 43.4 Å². The van der Waals surface area contributed by atoms with Crippen molar-refractivity contribution in [2.45, 2.75) is 76.8 Å². The topological polar surface area (TPSA) is 99.9 Å². The smallest absolute Gasteiger partial charge is 0.287 e. The minimum Gasteiger partial charge on any atom is -0.451 e. The molecule has 250 valence electrons. The van der Waals surface area contributed by atoms with E-state index in [0.29, 0.717) is 42.0 Å². The predicted molar refractivity (Wildman–Crippen MR) is 187 cm³/mol. The Morgan fingerprint density at radius 2 is 1.69 bits per heavy atom. The highest BCUT2D eigenvalue weighted by Crippen LogP contribution is 2.32. The Morgan fingerprint density at radius 1 is 0.938 bits per heavy atom. The second-order valence-electron chi connectivity index (χ2n) is 13.3. The molecular formula is C39H42ClN3O5. The summed E-state index contributed by atoms with van der Waals surface area (Å²) in [7, 11) is 0. The molecule has 3 aromatic carbocycles. The van der Waals surface area contributed by atoms with Gasteiger partial charge in [0.15, 0.2) is 11.2 Å². The second-order valence-corrected chi connectivity index (χ2v) is 13.7. The summed E-state index contributed by atoms with van der Waals surface area (Å²) in [6, 6.07) is 21.3. The van der Waals surface area contributed by atoms with Crippen LogP contribution in [0.2, 0.25) is 5.02 Å². The van der Waals surface area contributed by atoms with Crippen molar-refractivity contribution in [1.82, 2.24) is 15.1 Å². The molecule has 2 fully saturated rings. The summed E-state index contributed by atoms with van der Waals surface area (Å²) in [4.78, 5) is 56.9. The van der Waals surface area contributed by atoms with Crippen LogP contribution in [0, 0.1) is 0 Å². The minimum atomic E-state index is -0.878. The van der Waals surface area contributed by atoms with Crippen LogP contribution >= 0.6 is 11.6 Å². The second kappa shape index (κ2) is 14.8. The number of hydrogen-bond donors (Lipinski definition) is 1. The van der Waals surface area contributed by atoms with Crippen molar-refractivity contribution in [3.8, 4) is 0 Å². The van der Waals surface area contributed by atoms with Gasteiger partial charge < -0.3 is 19.5 Å². The summed E-state index contributed by atoms with van der Waals surface area (Å²) < 4.78 is 5.89. The van der Waals surface area contributed by atoms with E-state index in [1.165, 1.54) is 17.2 Å². The van der Waals surface area contributed by atoms with E-state index in [-0.39, 0.29) is 41.3 Å². The molecule has 6 rings (SSSR count). The summed E-state index contributed by atoms with van der Waals surface area (Å²) in [5.41, 5.74) is 4.27. The van der Waals surface area contributed by atoms with Crippen molar-refractivity contribution >= 4 is 40.3 Å². The molecule has 1 N–H and O–H groups in total. The van der Waals surface area contributed by atoms with Gasteiger partial charge in [0.05, 0.1) is 5.39 Å². The lowest BCUT2D eigenvalue weighted by atomic mass is 9.86. The Labute approximate surface area is 286 Å². The molecule has 0 unspecified atom stereocenters. The number of fused-ring (bicyclic) bond motifs is 1. The van der Waals surface area contributed by atoms with Crippen LogP contribution in [0.1, 0.15) is 90.6 Å². The molecule has 0 radical (unpaired) electrons. The Hall–Kier alpha value is -4.43. The standard InChI is InChI=1S/C39H42ClN3O5/c1-25(2)28-12-15-35-32(22-28)34(44)23-36(48-35)38(46)41-33(21-26-10-13-30(40)14-11-26)39(47)42-19-16-27(17-20-42)31-8-4-3-7-29(31)24-43-18-6-5-9-37(43)45/h3-4,7-8,10-15,22-23,25,27,33H,5-6,9,16-21,24H2,1-2H3,(H,41,46)/t33-/m1/s1. The normalized spacial score (nSPS) is 16.4.